The summed E-state index contributed by atoms with van der Waals surface area (Å²) in [5.74, 6) is -1.12. The lowest BCUT2D eigenvalue weighted by Crippen LogP contribution is -2.47. The lowest BCUT2D eigenvalue weighted by atomic mass is 10.1. The lowest BCUT2D eigenvalue weighted by molar-refractivity contribution is -0.168. The minimum absolute atomic E-state index is 0.133. The van der Waals surface area contributed by atoms with Crippen LogP contribution in [0.15, 0.2) is 23.8 Å². The van der Waals surface area contributed by atoms with Crippen LogP contribution in [-0.4, -0.2) is 48.4 Å². The number of hydrogen-bond acceptors (Lipinski definition) is 4. The highest BCUT2D eigenvalue weighted by Gasteiger charge is 2.41. The molecule has 0 aliphatic heterocycles. The summed E-state index contributed by atoms with van der Waals surface area (Å²) in [6.45, 7) is 4.61. The number of halogens is 3. The summed E-state index contributed by atoms with van der Waals surface area (Å²) >= 11 is 0. The number of carbonyl (C=O) groups is 2. The van der Waals surface area contributed by atoms with E-state index >= 15 is 0 Å². The minimum atomic E-state index is -4.63. The average Bonchev–Trinajstić information content (AvgIpc) is 2.48. The molecule has 0 bridgehead atoms. The molecule has 142 valence electrons. The standard InChI is InChI=1S/C17H24F3NO4/c1-16(2,3)25-15(23)21(4)13(10-17(18,19)20)14(22)24-11-12-8-6-5-7-9-12/h6,8-9,13H,5,7,10-11H2,1-4H3. The van der Waals surface area contributed by atoms with Gasteiger partial charge in [0.05, 0.1) is 6.42 Å². The molecule has 0 N–H and O–H groups in total. The van der Waals surface area contributed by atoms with E-state index in [2.05, 4.69) is 0 Å². The van der Waals surface area contributed by atoms with Gasteiger partial charge in [-0.05, 0) is 39.2 Å². The second kappa shape index (κ2) is 8.40. The Morgan fingerprint density at radius 1 is 1.24 bits per heavy atom. The fourth-order valence-corrected chi connectivity index (χ4v) is 2.08. The SMILES string of the molecule is CN(C(=O)OC(C)(C)C)C(CC(F)(F)F)C(=O)OCC1=CCCC=C1. The normalized spacial score (nSPS) is 16.0. The van der Waals surface area contributed by atoms with E-state index in [9.17, 15) is 22.8 Å². The summed E-state index contributed by atoms with van der Waals surface area (Å²) < 4.78 is 48.5. The summed E-state index contributed by atoms with van der Waals surface area (Å²) in [6.07, 6.45) is -0.00114. The Bertz CT molecular complexity index is 547. The zero-order valence-electron chi connectivity index (χ0n) is 14.9. The molecule has 0 aromatic heterocycles. The van der Waals surface area contributed by atoms with E-state index < -0.39 is 36.3 Å². The summed E-state index contributed by atoms with van der Waals surface area (Å²) in [7, 11) is 1.09. The molecule has 0 radical (unpaired) electrons. The van der Waals surface area contributed by atoms with Crippen LogP contribution in [0.25, 0.3) is 0 Å². The zero-order chi connectivity index (χ0) is 19.3. The van der Waals surface area contributed by atoms with Crippen LogP contribution in [0.4, 0.5) is 18.0 Å². The molecular weight excluding hydrogens is 339 g/mol. The van der Waals surface area contributed by atoms with Crippen molar-refractivity contribution in [3.63, 3.8) is 0 Å². The van der Waals surface area contributed by atoms with Crippen LogP contribution < -0.4 is 0 Å². The van der Waals surface area contributed by atoms with Crippen LogP contribution in [-0.2, 0) is 14.3 Å². The number of esters is 1. The summed E-state index contributed by atoms with van der Waals surface area (Å²) in [5.41, 5.74) is -0.180. The first-order valence-corrected chi connectivity index (χ1v) is 7.94. The maximum absolute atomic E-state index is 12.8. The number of allylic oxidation sites excluding steroid dienone is 2. The molecule has 5 nitrogen and oxygen atoms in total. The lowest BCUT2D eigenvalue weighted by Gasteiger charge is -2.30. The van der Waals surface area contributed by atoms with Gasteiger partial charge in [-0.15, -0.1) is 0 Å². The van der Waals surface area contributed by atoms with Crippen molar-refractivity contribution < 1.29 is 32.2 Å². The van der Waals surface area contributed by atoms with E-state index in [4.69, 9.17) is 9.47 Å². The molecule has 0 fully saturated rings. The first-order valence-electron chi connectivity index (χ1n) is 7.94. The van der Waals surface area contributed by atoms with Crippen molar-refractivity contribution in [3.8, 4) is 0 Å². The van der Waals surface area contributed by atoms with Crippen LogP contribution in [0.5, 0.6) is 0 Å². The van der Waals surface area contributed by atoms with Gasteiger partial charge in [-0.1, -0.05) is 18.2 Å². The summed E-state index contributed by atoms with van der Waals surface area (Å²) in [5, 5.41) is 0. The summed E-state index contributed by atoms with van der Waals surface area (Å²) in [4.78, 5) is 24.8. The first-order chi connectivity index (χ1) is 11.4. The van der Waals surface area contributed by atoms with Crippen LogP contribution >= 0.6 is 0 Å². The number of nitrogens with zero attached hydrogens (tertiary/aromatic N) is 1. The molecule has 1 atom stereocenters. The van der Waals surface area contributed by atoms with Crippen molar-refractivity contribution in [2.24, 2.45) is 0 Å². The number of amides is 1. The van der Waals surface area contributed by atoms with E-state index in [0.717, 1.165) is 19.9 Å². The monoisotopic (exact) mass is 363 g/mol. The van der Waals surface area contributed by atoms with E-state index in [0.29, 0.717) is 10.5 Å². The Labute approximate surface area is 145 Å². The van der Waals surface area contributed by atoms with Gasteiger partial charge < -0.3 is 9.47 Å². The molecule has 0 saturated heterocycles. The van der Waals surface area contributed by atoms with Crippen LogP contribution in [0, 0.1) is 0 Å². The van der Waals surface area contributed by atoms with Crippen molar-refractivity contribution in [3.05, 3.63) is 23.8 Å². The molecule has 0 heterocycles. The van der Waals surface area contributed by atoms with Crippen molar-refractivity contribution in [1.82, 2.24) is 4.90 Å². The topological polar surface area (TPSA) is 55.8 Å². The van der Waals surface area contributed by atoms with E-state index in [-0.39, 0.29) is 6.61 Å². The fourth-order valence-electron chi connectivity index (χ4n) is 2.08. The molecular formula is C17H24F3NO4. The number of carbonyl (C=O) groups excluding carboxylic acids is 2. The third kappa shape index (κ3) is 8.09. The molecule has 8 heteroatoms. The van der Waals surface area contributed by atoms with E-state index in [1.165, 1.54) is 0 Å². The first kappa shape index (κ1) is 21.1. The molecule has 0 saturated carbocycles. The van der Waals surface area contributed by atoms with Gasteiger partial charge in [0, 0.05) is 7.05 Å². The second-order valence-electron chi connectivity index (χ2n) is 6.79. The molecule has 1 amide bonds. The van der Waals surface area contributed by atoms with Gasteiger partial charge in [0.25, 0.3) is 0 Å². The highest BCUT2D eigenvalue weighted by molar-refractivity contribution is 5.81. The van der Waals surface area contributed by atoms with E-state index in [1.807, 2.05) is 12.2 Å². The van der Waals surface area contributed by atoms with Gasteiger partial charge in [0.1, 0.15) is 18.2 Å². The third-order valence-corrected chi connectivity index (χ3v) is 3.30. The number of likely N-dealkylation sites (N-methyl/N-ethyl adjacent to an activating group) is 1. The number of rotatable bonds is 5. The van der Waals surface area contributed by atoms with Crippen molar-refractivity contribution in [2.45, 2.75) is 57.9 Å². The Morgan fingerprint density at radius 3 is 2.36 bits per heavy atom. The molecule has 1 rings (SSSR count). The zero-order valence-corrected chi connectivity index (χ0v) is 14.9. The van der Waals surface area contributed by atoms with Gasteiger partial charge in [-0.2, -0.15) is 13.2 Å². The molecule has 0 aromatic carbocycles. The molecule has 25 heavy (non-hydrogen) atoms. The van der Waals surface area contributed by atoms with Gasteiger partial charge in [0.15, 0.2) is 0 Å². The quantitative estimate of drug-likeness (QED) is 0.693. The molecule has 1 unspecified atom stereocenters. The van der Waals surface area contributed by atoms with Gasteiger partial charge in [-0.3, -0.25) is 4.90 Å². The van der Waals surface area contributed by atoms with Crippen molar-refractivity contribution >= 4 is 12.1 Å². The molecule has 1 aliphatic rings. The van der Waals surface area contributed by atoms with E-state index in [1.54, 1.807) is 26.8 Å². The van der Waals surface area contributed by atoms with Gasteiger partial charge >= 0.3 is 18.2 Å². The Balaban J connectivity index is 2.80. The van der Waals surface area contributed by atoms with Crippen LogP contribution in [0.2, 0.25) is 0 Å². The highest BCUT2D eigenvalue weighted by atomic mass is 19.4. The molecule has 1 aliphatic carbocycles. The van der Waals surface area contributed by atoms with Gasteiger partial charge in [-0.25, -0.2) is 9.59 Å². The van der Waals surface area contributed by atoms with Crippen LogP contribution in [0.3, 0.4) is 0 Å². The maximum Gasteiger partial charge on any atom is 0.410 e. The predicted molar refractivity (Wildman–Crippen MR) is 85.9 cm³/mol. The van der Waals surface area contributed by atoms with Crippen molar-refractivity contribution in [1.29, 1.82) is 0 Å². The number of ether oxygens (including phenoxy) is 2. The largest absolute Gasteiger partial charge is 0.459 e. The third-order valence-electron chi connectivity index (χ3n) is 3.30. The Hall–Kier alpha value is -1.99. The number of hydrogen-bond donors (Lipinski definition) is 0. The van der Waals surface area contributed by atoms with Crippen molar-refractivity contribution in [2.75, 3.05) is 13.7 Å². The smallest absolute Gasteiger partial charge is 0.410 e. The fraction of sp³-hybridized carbons (Fsp3) is 0.647. The Kier molecular flexibility index (Phi) is 7.07. The van der Waals surface area contributed by atoms with Gasteiger partial charge in [0.2, 0.25) is 0 Å². The highest BCUT2D eigenvalue weighted by Crippen LogP contribution is 2.25. The van der Waals surface area contributed by atoms with Crippen LogP contribution in [0.1, 0.15) is 40.0 Å². The second-order valence-corrected chi connectivity index (χ2v) is 6.79. The Morgan fingerprint density at radius 2 is 1.88 bits per heavy atom. The predicted octanol–water partition coefficient (Wildman–Crippen LogP) is 3.99. The average molecular weight is 363 g/mol. The maximum atomic E-state index is 12.8. The minimum Gasteiger partial charge on any atom is -0.459 e. The molecule has 0 spiro atoms. The number of alkyl halides is 3. The summed E-state index contributed by atoms with van der Waals surface area (Å²) in [6, 6.07) is -1.80. The molecule has 0 aromatic rings.